The smallest absolute Gasteiger partial charge is 0.471 e. The molecular weight excluding hydrogens is 1960 g/mol. The van der Waals surface area contributed by atoms with Gasteiger partial charge in [0, 0.05) is 74.5 Å². The molecule has 0 aliphatic carbocycles. The Morgan fingerprint density at radius 3 is 1.09 bits per heavy atom. The molecule has 0 bridgehead atoms. The number of carboxylic acids is 1. The standard InChI is InChI=1S/C27H38N2O3Si.C25H36N2O2Si.C14H17F3N2O.C14H22O2Si.C13H20O3Si.C8H7IO2.C6H15ClSi.CH4O/c1-19(2)33(32,20(3)4)26-11-7-10-25(17-26)27(31)29-14-12-23(13-15-29)24-9-6-8-22(16-24)18-28-21(5)30;1-18(2)30(29,19(3)4)24-10-6-9-23(16-24)25(28)27-13-11-21(12-14-27)22-8-5-7-20(15-22)17-26;15-14(16,17)13(20)19-9-10-2-1-3-12(8-10)11-4-6-18-7-5-11;1-10(2)17(11(3)4)13-8-6-7-12(9-13)14(15)16-5;1-9(2)17(16,10(3)4)12-7-5-6-11(8-12)13(14)15;1-11-8(10)6-3-2-4-7(9)5-6;1-5(2)8(7)6(3)4;1-2/h6-11,16-17,19-20,23,32H,12-15,18H2,1-5H3,(H,28,30);5-10,15-16,18-19,21,29H,11-14,17,26H2,1-4H3;1-3,8,11,18H,4-7,9H2,(H,19,20);6-11,17H,1-5H3;5-10,16H,1-4H3,(H,14,15);2-5H,1H3;5-6,8H,1-4H3;2H,1H3. The van der Waals surface area contributed by atoms with Crippen molar-refractivity contribution in [3.63, 3.8) is 0 Å². The van der Waals surface area contributed by atoms with Gasteiger partial charge in [0.2, 0.25) is 30.9 Å². The van der Waals surface area contributed by atoms with Gasteiger partial charge in [-0.3, -0.25) is 19.2 Å². The number of methoxy groups -OCH3 is 2. The summed E-state index contributed by atoms with van der Waals surface area (Å²) in [4.78, 5) is 120. The number of benzene rings is 8. The van der Waals surface area contributed by atoms with E-state index in [0.717, 1.165) is 132 Å². The Bertz CT molecular complexity index is 5060. The minimum absolute atomic E-state index is 0.0285. The van der Waals surface area contributed by atoms with Crippen molar-refractivity contribution in [3.8, 4) is 0 Å². The number of alkyl halides is 3. The zero-order valence-corrected chi connectivity index (χ0v) is 94.2. The van der Waals surface area contributed by atoms with E-state index >= 15 is 0 Å². The van der Waals surface area contributed by atoms with Crippen molar-refractivity contribution in [2.24, 2.45) is 5.73 Å². The van der Waals surface area contributed by atoms with E-state index < -0.39 is 59.9 Å². The van der Waals surface area contributed by atoms with Crippen LogP contribution in [-0.4, -0.2) is 185 Å². The van der Waals surface area contributed by atoms with Crippen LogP contribution >= 0.6 is 33.7 Å². The topological polar surface area (TPSA) is 308 Å². The minimum atomic E-state index is -4.83. The summed E-state index contributed by atoms with van der Waals surface area (Å²) in [5, 5.41) is 28.1. The van der Waals surface area contributed by atoms with Crippen LogP contribution in [0.2, 0.25) is 55.4 Å². The highest BCUT2D eigenvalue weighted by Gasteiger charge is 2.44. The monoisotopic (exact) mass is 2120 g/mol. The molecule has 8 aromatic carbocycles. The minimum Gasteiger partial charge on any atom is -0.478 e. The predicted molar refractivity (Wildman–Crippen MR) is 580 cm³/mol. The third-order valence-corrected chi connectivity index (χ3v) is 50.8. The van der Waals surface area contributed by atoms with Crippen molar-refractivity contribution < 1.29 is 80.8 Å². The molecule has 3 heterocycles. The molecule has 138 heavy (non-hydrogen) atoms. The second kappa shape index (κ2) is 59.6. The maximum absolute atomic E-state index is 13.3. The van der Waals surface area contributed by atoms with Gasteiger partial charge in [-0.25, -0.2) is 14.4 Å². The van der Waals surface area contributed by atoms with Crippen LogP contribution < -0.4 is 42.4 Å². The molecule has 3 fully saturated rings. The lowest BCUT2D eigenvalue weighted by atomic mass is 9.88. The van der Waals surface area contributed by atoms with Gasteiger partial charge in [-0.05, 0) is 263 Å². The van der Waals surface area contributed by atoms with Gasteiger partial charge >= 0.3 is 30.0 Å². The summed E-state index contributed by atoms with van der Waals surface area (Å²) >= 11 is 8.24. The first kappa shape index (κ1) is 122. The number of nitrogens with zero attached hydrogens (tertiary/aromatic N) is 2. The average Bonchev–Trinajstić information content (AvgIpc) is 0.792. The van der Waals surface area contributed by atoms with Crippen LogP contribution in [0.15, 0.2) is 194 Å². The highest BCUT2D eigenvalue weighted by atomic mass is 127. The number of aliphatic hydroxyl groups is 1. The fourth-order valence-electron chi connectivity index (χ4n) is 18.5. The highest BCUT2D eigenvalue weighted by Crippen LogP contribution is 2.37. The number of likely N-dealkylation sites (tertiary alicyclic amines) is 2. The summed E-state index contributed by atoms with van der Waals surface area (Å²) in [6.07, 6.45) is 1.01. The predicted octanol–water partition coefficient (Wildman–Crippen LogP) is 20.3. The number of carbonyl (C=O) groups is 7. The molecule has 0 radical (unpaired) electrons. The summed E-state index contributed by atoms with van der Waals surface area (Å²) in [7, 11) is -6.05. The molecule has 3 aliphatic heterocycles. The number of piperidine rings is 3. The summed E-state index contributed by atoms with van der Waals surface area (Å²) < 4.78 is 46.7. The number of halogens is 5. The fourth-order valence-corrected chi connectivity index (χ4v) is 34.6. The van der Waals surface area contributed by atoms with Gasteiger partial charge in [0.1, 0.15) is 8.11 Å². The first-order valence-corrected chi connectivity index (χ1v) is 61.0. The molecule has 0 atom stereocenters. The van der Waals surface area contributed by atoms with Crippen LogP contribution in [0.5, 0.6) is 0 Å². The number of nitrogens with one attached hydrogen (secondary N) is 3. The molecule has 30 heteroatoms. The Kier molecular flexibility index (Phi) is 52.7. The number of rotatable bonds is 27. The van der Waals surface area contributed by atoms with Crippen molar-refractivity contribution in [1.29, 1.82) is 0 Å². The van der Waals surface area contributed by atoms with Crippen molar-refractivity contribution >= 4 is 138 Å². The normalized spacial score (nSPS) is 13.9. The van der Waals surface area contributed by atoms with Crippen LogP contribution in [-0.2, 0) is 38.7 Å². The van der Waals surface area contributed by atoms with E-state index in [9.17, 15) is 61.1 Å². The molecule has 10 N–H and O–H groups in total. The third kappa shape index (κ3) is 36.9. The van der Waals surface area contributed by atoms with Gasteiger partial charge in [-0.15, -0.1) is 0 Å². The fraction of sp³-hybridized carbons (Fsp3) is 0.491. The van der Waals surface area contributed by atoms with Crippen molar-refractivity contribution in [2.45, 2.75) is 283 Å². The zero-order valence-electron chi connectivity index (χ0n) is 86.0. The number of hydrogen-bond donors (Lipinski definition) is 9. The SMILES string of the molecule is CC(=O)NCc1cccc(C2CCN(C(=O)c3cccc([Si](O)(C(C)C)C(C)C)c3)CC2)c1.CC(C)[SiH](Cl)C(C)C.CC(C)[Si](O)(c1cccc(C(=O)N2CCC(c3cccc(CN)c3)CC2)c1)C(C)C.CC(C)[Si](O)(c1cccc(C(=O)O)c1)C(C)C.CO.COC(=O)c1cccc(I)c1.COC(=O)c1cccc([SiH](C(C)C)C(C)C)c1.O=C(NCc1cccc(C2CCNCC2)c1)C(F)(F)F. The molecule has 760 valence electrons. The Hall–Kier alpha value is -8.30. The zero-order chi connectivity index (χ0) is 104. The van der Waals surface area contributed by atoms with Crippen LogP contribution in [0.25, 0.3) is 0 Å². The highest BCUT2D eigenvalue weighted by molar-refractivity contribution is 14.1. The Morgan fingerprint density at radius 2 is 0.768 bits per heavy atom. The molecular formula is C108H159ClF3IN6O14Si5. The van der Waals surface area contributed by atoms with E-state index in [1.54, 1.807) is 36.4 Å². The summed E-state index contributed by atoms with van der Waals surface area (Å²) in [6, 6.07) is 61.8. The van der Waals surface area contributed by atoms with E-state index in [1.807, 2.05) is 158 Å². The number of esters is 2. The van der Waals surface area contributed by atoms with Gasteiger partial charge in [0.15, 0.2) is 0 Å². The van der Waals surface area contributed by atoms with Gasteiger partial charge in [0.25, 0.3) is 11.8 Å². The quantitative estimate of drug-likeness (QED) is 0.0100. The van der Waals surface area contributed by atoms with Crippen LogP contribution in [0.4, 0.5) is 13.2 Å². The number of hydrogen-bond acceptors (Lipinski definition) is 15. The first-order valence-electron chi connectivity index (χ1n) is 48.6. The van der Waals surface area contributed by atoms with Crippen molar-refractivity contribution in [1.82, 2.24) is 25.8 Å². The second-order valence-electron chi connectivity index (χ2n) is 39.2. The summed E-state index contributed by atoms with van der Waals surface area (Å²) in [5.74, 6) is -1.94. The molecule has 0 aromatic heterocycles. The van der Waals surface area contributed by atoms with Crippen LogP contribution in [0.3, 0.4) is 0 Å². The number of amides is 4. The van der Waals surface area contributed by atoms with Crippen LogP contribution in [0, 0.1) is 3.57 Å². The Labute approximate surface area is 846 Å². The van der Waals surface area contributed by atoms with Crippen molar-refractivity contribution in [2.75, 3.05) is 60.6 Å². The van der Waals surface area contributed by atoms with Gasteiger partial charge in [0.05, 0.1) is 39.7 Å². The summed E-state index contributed by atoms with van der Waals surface area (Å²) in [6.45, 7) is 50.0. The van der Waals surface area contributed by atoms with Crippen molar-refractivity contribution in [3.05, 3.63) is 259 Å². The number of carboxylic acid groups (broad SMARTS) is 1. The number of nitrogens with two attached hydrogens (primary N) is 1. The first-order chi connectivity index (χ1) is 64.9. The number of ether oxygens (including phenoxy) is 2. The molecule has 20 nitrogen and oxygen atoms in total. The van der Waals surface area contributed by atoms with Gasteiger partial charge in [-0.1, -0.05) is 271 Å². The van der Waals surface area contributed by atoms with E-state index in [2.05, 4.69) is 191 Å². The molecule has 8 aromatic rings. The maximum atomic E-state index is 13.3. The Balaban J connectivity index is 0.000000349. The third-order valence-electron chi connectivity index (χ3n) is 26.3. The lowest BCUT2D eigenvalue weighted by Gasteiger charge is -2.35. The van der Waals surface area contributed by atoms with E-state index in [0.29, 0.717) is 69.7 Å². The average molecular weight is 2130 g/mol. The number of aromatic carboxylic acids is 1. The summed E-state index contributed by atoms with van der Waals surface area (Å²) in [5.41, 5.74) is 19.3. The molecule has 11 rings (SSSR count). The molecule has 4 amide bonds. The van der Waals surface area contributed by atoms with Gasteiger partial charge < -0.3 is 65.6 Å². The molecule has 3 aliphatic rings. The second-order valence-corrected chi connectivity index (χ2v) is 63.5. The van der Waals surface area contributed by atoms with Crippen LogP contribution in [0.1, 0.15) is 287 Å². The van der Waals surface area contributed by atoms with E-state index in [1.165, 1.54) is 37.5 Å². The molecule has 0 saturated carbocycles. The molecule has 0 spiro atoms. The lowest BCUT2D eigenvalue weighted by molar-refractivity contribution is -0.173. The largest absolute Gasteiger partial charge is 0.478 e. The number of carbonyl (C=O) groups excluding carboxylic acids is 6. The lowest BCUT2D eigenvalue weighted by Crippen LogP contribution is -2.53. The number of aliphatic hydroxyl groups excluding tert-OH is 1. The Morgan fingerprint density at radius 1 is 0.449 bits per heavy atom. The van der Waals surface area contributed by atoms with E-state index in [-0.39, 0.29) is 75.0 Å². The van der Waals surface area contributed by atoms with E-state index in [4.69, 9.17) is 31.8 Å². The van der Waals surface area contributed by atoms with Gasteiger partial charge in [-0.2, -0.15) is 24.3 Å². The maximum Gasteiger partial charge on any atom is 0.471 e. The molecule has 3 saturated heterocycles. The molecule has 0 unspecified atom stereocenters.